The van der Waals surface area contributed by atoms with Gasteiger partial charge < -0.3 is 19.1 Å². The highest BCUT2D eigenvalue weighted by Gasteiger charge is 2.13. The van der Waals surface area contributed by atoms with E-state index in [2.05, 4.69) is 10.1 Å². The Labute approximate surface area is 201 Å². The molecule has 7 nitrogen and oxygen atoms in total. The lowest BCUT2D eigenvalue weighted by molar-refractivity contribution is -0.136. The lowest BCUT2D eigenvalue weighted by Crippen LogP contribution is -2.06. The summed E-state index contributed by atoms with van der Waals surface area (Å²) >= 11 is 1.58. The van der Waals surface area contributed by atoms with Gasteiger partial charge in [-0.15, -0.1) is 11.3 Å². The van der Waals surface area contributed by atoms with Gasteiger partial charge in [0, 0.05) is 6.42 Å². The molecule has 0 saturated carbocycles. The number of ether oxygens (including phenoxy) is 1. The lowest BCUT2D eigenvalue weighted by atomic mass is 10.1. The number of aromatic nitrogens is 1. The minimum absolute atomic E-state index is 0.0110. The Morgan fingerprint density at radius 3 is 2.53 bits per heavy atom. The van der Waals surface area contributed by atoms with Crippen molar-refractivity contribution in [3.8, 4) is 16.5 Å². The summed E-state index contributed by atoms with van der Waals surface area (Å²) in [6, 6.07) is 20.9. The second-order valence-corrected chi connectivity index (χ2v) is 8.45. The summed E-state index contributed by atoms with van der Waals surface area (Å²) in [6.07, 6.45) is 0.282. The zero-order valence-corrected chi connectivity index (χ0v) is 19.5. The van der Waals surface area contributed by atoms with Crippen LogP contribution < -0.4 is 4.74 Å². The van der Waals surface area contributed by atoms with Gasteiger partial charge in [0.1, 0.15) is 30.4 Å². The summed E-state index contributed by atoms with van der Waals surface area (Å²) in [5, 5.41) is 15.2. The first kappa shape index (κ1) is 23.3. The number of carboxylic acids is 1. The Morgan fingerprint density at radius 2 is 1.82 bits per heavy atom. The fourth-order valence-corrected chi connectivity index (χ4v) is 3.83. The maximum atomic E-state index is 11.0. The second kappa shape index (κ2) is 11.3. The number of aryl methyl sites for hydroxylation is 1. The fourth-order valence-electron chi connectivity index (χ4n) is 3.18. The lowest BCUT2D eigenvalue weighted by Gasteiger charge is -2.08. The van der Waals surface area contributed by atoms with Crippen LogP contribution in [0.4, 0.5) is 0 Å². The molecule has 1 N–H and O–H groups in total. The smallest absolute Gasteiger partial charge is 0.303 e. The molecule has 34 heavy (non-hydrogen) atoms. The number of benzene rings is 2. The van der Waals surface area contributed by atoms with Gasteiger partial charge in [-0.3, -0.25) is 4.79 Å². The molecule has 4 aromatic rings. The van der Waals surface area contributed by atoms with Crippen LogP contribution in [0.2, 0.25) is 0 Å². The van der Waals surface area contributed by atoms with Crippen molar-refractivity contribution in [1.82, 2.24) is 4.98 Å². The van der Waals surface area contributed by atoms with E-state index in [0.717, 1.165) is 27.5 Å². The summed E-state index contributed by atoms with van der Waals surface area (Å²) < 4.78 is 11.6. The number of rotatable bonds is 11. The minimum atomic E-state index is -0.872. The summed E-state index contributed by atoms with van der Waals surface area (Å²) in [6.45, 7) is 2.45. The zero-order chi connectivity index (χ0) is 23.8. The van der Waals surface area contributed by atoms with Crippen molar-refractivity contribution < 1.29 is 23.9 Å². The van der Waals surface area contributed by atoms with E-state index >= 15 is 0 Å². The van der Waals surface area contributed by atoms with Crippen LogP contribution >= 0.6 is 11.3 Å². The summed E-state index contributed by atoms with van der Waals surface area (Å²) in [7, 11) is 0. The molecule has 174 valence electrons. The molecule has 0 aliphatic rings. The molecular weight excluding hydrogens is 452 g/mol. The highest BCUT2D eigenvalue weighted by molar-refractivity contribution is 7.13. The van der Waals surface area contributed by atoms with Crippen LogP contribution in [0.5, 0.6) is 5.75 Å². The first-order valence-electron chi connectivity index (χ1n) is 10.8. The van der Waals surface area contributed by atoms with E-state index in [-0.39, 0.29) is 13.0 Å². The summed E-state index contributed by atoms with van der Waals surface area (Å²) in [4.78, 5) is 22.0. The number of oxime groups is 1. The van der Waals surface area contributed by atoms with Crippen molar-refractivity contribution >= 4 is 23.0 Å². The average molecular weight is 477 g/mol. The molecule has 0 unspecified atom stereocenters. The van der Waals surface area contributed by atoms with E-state index in [9.17, 15) is 4.79 Å². The number of nitrogens with zero attached hydrogens (tertiary/aromatic N) is 2. The normalized spacial score (nSPS) is 11.4. The van der Waals surface area contributed by atoms with Gasteiger partial charge in [0.15, 0.2) is 0 Å². The third-order valence-corrected chi connectivity index (χ3v) is 5.87. The minimum Gasteiger partial charge on any atom is -0.487 e. The number of hydrogen-bond acceptors (Lipinski definition) is 7. The van der Waals surface area contributed by atoms with Crippen molar-refractivity contribution in [3.05, 3.63) is 94.7 Å². The fraction of sp³-hybridized carbons (Fsp3) is 0.192. The standard InChI is InChI=1S/C26H24N2O5S/c1-18-23(27-26(33-18)24-8-5-15-34-24)17-31-21-11-9-19(10-12-21)16-32-28-22(13-14-25(29)30)20-6-3-2-4-7-20/h2-12,15H,13-14,16-17H2,1H3,(H,29,30)/b28-22+. The van der Waals surface area contributed by atoms with Crippen LogP contribution in [0.1, 0.15) is 35.4 Å². The number of hydrogen-bond donors (Lipinski definition) is 1. The van der Waals surface area contributed by atoms with Gasteiger partial charge in [-0.25, -0.2) is 4.98 Å². The molecule has 2 aromatic carbocycles. The number of carboxylic acid groups (broad SMARTS) is 1. The number of thiophene rings is 1. The zero-order valence-electron chi connectivity index (χ0n) is 18.6. The molecule has 0 atom stereocenters. The van der Waals surface area contributed by atoms with Crippen molar-refractivity contribution in [2.24, 2.45) is 5.16 Å². The largest absolute Gasteiger partial charge is 0.487 e. The van der Waals surface area contributed by atoms with E-state index < -0.39 is 5.97 Å². The van der Waals surface area contributed by atoms with Crippen molar-refractivity contribution in [3.63, 3.8) is 0 Å². The van der Waals surface area contributed by atoms with Gasteiger partial charge >= 0.3 is 5.97 Å². The van der Waals surface area contributed by atoms with E-state index in [1.807, 2.05) is 79.0 Å². The molecule has 0 aliphatic heterocycles. The predicted octanol–water partition coefficient (Wildman–Crippen LogP) is 6.08. The Bertz CT molecular complexity index is 1230. The number of oxazole rings is 1. The molecule has 0 bridgehead atoms. The van der Waals surface area contributed by atoms with Gasteiger partial charge in [-0.05, 0) is 41.6 Å². The topological polar surface area (TPSA) is 94.2 Å². The van der Waals surface area contributed by atoms with Crippen LogP contribution in [0.25, 0.3) is 10.8 Å². The summed E-state index contributed by atoms with van der Waals surface area (Å²) in [5.74, 6) is 1.18. The molecule has 0 radical (unpaired) electrons. The van der Waals surface area contributed by atoms with Crippen LogP contribution in [-0.4, -0.2) is 21.8 Å². The van der Waals surface area contributed by atoms with Gasteiger partial charge in [0.25, 0.3) is 0 Å². The van der Waals surface area contributed by atoms with Crippen LogP contribution in [0.15, 0.2) is 81.7 Å². The second-order valence-electron chi connectivity index (χ2n) is 7.50. The quantitative estimate of drug-likeness (QED) is 0.208. The van der Waals surface area contributed by atoms with Crippen molar-refractivity contribution in [1.29, 1.82) is 0 Å². The van der Waals surface area contributed by atoms with E-state index in [4.69, 9.17) is 19.1 Å². The Hall–Kier alpha value is -3.91. The molecule has 0 fully saturated rings. The molecule has 4 rings (SSSR count). The molecule has 2 heterocycles. The molecule has 0 saturated heterocycles. The Balaban J connectivity index is 1.32. The molecule has 8 heteroatoms. The van der Waals surface area contributed by atoms with Crippen LogP contribution in [0.3, 0.4) is 0 Å². The average Bonchev–Trinajstić information content (AvgIpc) is 3.51. The number of aliphatic carboxylic acids is 1. The number of carbonyl (C=O) groups is 1. The van der Waals surface area contributed by atoms with Gasteiger partial charge in [-0.1, -0.05) is 53.7 Å². The third kappa shape index (κ3) is 6.32. The SMILES string of the molecule is Cc1oc(-c2cccs2)nc1COc1ccc(CO/N=C(\CCC(=O)O)c2ccccc2)cc1. The maximum Gasteiger partial charge on any atom is 0.303 e. The highest BCUT2D eigenvalue weighted by atomic mass is 32.1. The van der Waals surface area contributed by atoms with Gasteiger partial charge in [0.05, 0.1) is 17.0 Å². The monoisotopic (exact) mass is 476 g/mol. The first-order valence-corrected chi connectivity index (χ1v) is 11.6. The first-order chi connectivity index (χ1) is 16.6. The van der Waals surface area contributed by atoms with Gasteiger partial charge in [-0.2, -0.15) is 0 Å². The molecular formula is C26H24N2O5S. The van der Waals surface area contributed by atoms with Crippen molar-refractivity contribution in [2.45, 2.75) is 33.0 Å². The molecule has 0 amide bonds. The third-order valence-electron chi connectivity index (χ3n) is 5.01. The van der Waals surface area contributed by atoms with E-state index in [1.54, 1.807) is 11.3 Å². The molecule has 2 aromatic heterocycles. The van der Waals surface area contributed by atoms with Crippen LogP contribution in [0, 0.1) is 6.92 Å². The van der Waals surface area contributed by atoms with E-state index in [1.165, 1.54) is 0 Å². The highest BCUT2D eigenvalue weighted by Crippen LogP contribution is 2.26. The summed E-state index contributed by atoms with van der Waals surface area (Å²) in [5.41, 5.74) is 3.13. The Morgan fingerprint density at radius 1 is 1.03 bits per heavy atom. The van der Waals surface area contributed by atoms with Crippen molar-refractivity contribution in [2.75, 3.05) is 0 Å². The molecule has 0 spiro atoms. The molecule has 0 aliphatic carbocycles. The predicted molar refractivity (Wildman–Crippen MR) is 130 cm³/mol. The van der Waals surface area contributed by atoms with Crippen LogP contribution in [-0.2, 0) is 22.8 Å². The van der Waals surface area contributed by atoms with E-state index in [0.29, 0.717) is 30.4 Å². The Kier molecular flexibility index (Phi) is 7.72. The van der Waals surface area contributed by atoms with Gasteiger partial charge in [0.2, 0.25) is 5.89 Å². The maximum absolute atomic E-state index is 11.0.